The average molecular weight is 295 g/mol. The van der Waals surface area contributed by atoms with Gasteiger partial charge in [0.1, 0.15) is 12.4 Å². The molecule has 0 bridgehead atoms. The van der Waals surface area contributed by atoms with Gasteiger partial charge in [-0.15, -0.1) is 0 Å². The van der Waals surface area contributed by atoms with Gasteiger partial charge in [-0.2, -0.15) is 0 Å². The second-order valence-electron chi connectivity index (χ2n) is 5.28. The monoisotopic (exact) mass is 295 g/mol. The third-order valence-corrected chi connectivity index (χ3v) is 3.53. The van der Waals surface area contributed by atoms with Gasteiger partial charge in [0, 0.05) is 19.6 Å². The molecule has 2 aromatic rings. The SMILES string of the molecule is c1ccc(COc2ccc(CNC3=NCCCN3)cc2)cc1. The molecule has 0 saturated heterocycles. The van der Waals surface area contributed by atoms with Crippen LogP contribution in [0.15, 0.2) is 59.6 Å². The summed E-state index contributed by atoms with van der Waals surface area (Å²) in [6, 6.07) is 18.4. The van der Waals surface area contributed by atoms with E-state index >= 15 is 0 Å². The third-order valence-electron chi connectivity index (χ3n) is 3.53. The first-order valence-corrected chi connectivity index (χ1v) is 7.68. The predicted molar refractivity (Wildman–Crippen MR) is 89.0 cm³/mol. The number of hydrogen-bond acceptors (Lipinski definition) is 4. The lowest BCUT2D eigenvalue weighted by Crippen LogP contribution is -2.40. The van der Waals surface area contributed by atoms with E-state index < -0.39 is 0 Å². The van der Waals surface area contributed by atoms with Crippen LogP contribution in [-0.4, -0.2) is 19.0 Å². The van der Waals surface area contributed by atoms with Crippen LogP contribution in [0.4, 0.5) is 0 Å². The summed E-state index contributed by atoms with van der Waals surface area (Å²) in [6.45, 7) is 3.27. The smallest absolute Gasteiger partial charge is 0.191 e. The summed E-state index contributed by atoms with van der Waals surface area (Å²) in [5.41, 5.74) is 2.39. The standard InChI is InChI=1S/C18H21N3O/c1-2-5-16(6-3-1)14-22-17-9-7-15(8-10-17)13-21-18-19-11-4-12-20-18/h1-3,5-10H,4,11-14H2,(H2,19,20,21). The third kappa shape index (κ3) is 4.25. The zero-order chi connectivity index (χ0) is 15.0. The molecule has 2 N–H and O–H groups in total. The number of rotatable bonds is 5. The highest BCUT2D eigenvalue weighted by Crippen LogP contribution is 2.14. The highest BCUT2D eigenvalue weighted by molar-refractivity contribution is 5.80. The fourth-order valence-corrected chi connectivity index (χ4v) is 2.28. The van der Waals surface area contributed by atoms with Crippen LogP contribution in [0.1, 0.15) is 17.5 Å². The van der Waals surface area contributed by atoms with Crippen LogP contribution >= 0.6 is 0 Å². The molecule has 114 valence electrons. The Morgan fingerprint density at radius 3 is 2.55 bits per heavy atom. The van der Waals surface area contributed by atoms with Crippen molar-refractivity contribution in [1.29, 1.82) is 0 Å². The molecule has 0 aliphatic carbocycles. The molecule has 0 fully saturated rings. The average Bonchev–Trinajstić information content (AvgIpc) is 2.61. The molecule has 0 radical (unpaired) electrons. The first-order chi connectivity index (χ1) is 10.9. The van der Waals surface area contributed by atoms with Crippen molar-refractivity contribution in [2.24, 2.45) is 4.99 Å². The van der Waals surface area contributed by atoms with Crippen molar-refractivity contribution in [3.05, 3.63) is 65.7 Å². The van der Waals surface area contributed by atoms with E-state index in [-0.39, 0.29) is 0 Å². The summed E-state index contributed by atoms with van der Waals surface area (Å²) >= 11 is 0. The Labute approximate surface area is 131 Å². The summed E-state index contributed by atoms with van der Waals surface area (Å²) in [7, 11) is 0. The van der Waals surface area contributed by atoms with Crippen LogP contribution in [0.3, 0.4) is 0 Å². The van der Waals surface area contributed by atoms with E-state index in [4.69, 9.17) is 4.74 Å². The highest BCUT2D eigenvalue weighted by Gasteiger charge is 2.03. The quantitative estimate of drug-likeness (QED) is 0.891. The Morgan fingerprint density at radius 1 is 1.00 bits per heavy atom. The van der Waals surface area contributed by atoms with Gasteiger partial charge in [-0.3, -0.25) is 4.99 Å². The maximum Gasteiger partial charge on any atom is 0.191 e. The van der Waals surface area contributed by atoms with Crippen molar-refractivity contribution in [3.8, 4) is 5.75 Å². The number of nitrogens with one attached hydrogen (secondary N) is 2. The zero-order valence-electron chi connectivity index (χ0n) is 12.6. The Morgan fingerprint density at radius 2 is 1.82 bits per heavy atom. The van der Waals surface area contributed by atoms with Gasteiger partial charge in [0.05, 0.1) is 0 Å². The van der Waals surface area contributed by atoms with Gasteiger partial charge in [0.25, 0.3) is 0 Å². The van der Waals surface area contributed by atoms with Crippen LogP contribution < -0.4 is 15.4 Å². The summed E-state index contributed by atoms with van der Waals surface area (Å²) in [6.07, 6.45) is 1.11. The number of guanidine groups is 1. The van der Waals surface area contributed by atoms with Gasteiger partial charge in [0.15, 0.2) is 5.96 Å². The van der Waals surface area contributed by atoms with Crippen LogP contribution in [-0.2, 0) is 13.2 Å². The molecule has 0 atom stereocenters. The zero-order valence-corrected chi connectivity index (χ0v) is 12.6. The van der Waals surface area contributed by atoms with Crippen LogP contribution in [0.25, 0.3) is 0 Å². The number of hydrogen-bond donors (Lipinski definition) is 2. The lowest BCUT2D eigenvalue weighted by Gasteiger charge is -2.16. The molecular weight excluding hydrogens is 274 g/mol. The normalized spacial score (nSPS) is 13.9. The van der Waals surface area contributed by atoms with Gasteiger partial charge in [-0.1, -0.05) is 42.5 Å². The summed E-state index contributed by atoms with van der Waals surface area (Å²) < 4.78 is 5.79. The molecule has 3 rings (SSSR count). The van der Waals surface area contributed by atoms with Crippen molar-refractivity contribution in [2.45, 2.75) is 19.6 Å². The molecule has 4 heteroatoms. The van der Waals surface area contributed by atoms with E-state index in [1.54, 1.807) is 0 Å². The second-order valence-corrected chi connectivity index (χ2v) is 5.28. The van der Waals surface area contributed by atoms with E-state index in [1.807, 2.05) is 30.3 Å². The molecular formula is C18H21N3O. The Kier molecular flexibility index (Phi) is 4.92. The molecule has 0 saturated carbocycles. The number of ether oxygens (including phenoxy) is 1. The van der Waals surface area contributed by atoms with E-state index in [9.17, 15) is 0 Å². The number of nitrogens with zero attached hydrogens (tertiary/aromatic N) is 1. The van der Waals surface area contributed by atoms with Crippen molar-refractivity contribution in [2.75, 3.05) is 13.1 Å². The highest BCUT2D eigenvalue weighted by atomic mass is 16.5. The van der Waals surface area contributed by atoms with E-state index in [1.165, 1.54) is 11.1 Å². The first kappa shape index (κ1) is 14.4. The maximum absolute atomic E-state index is 5.79. The fourth-order valence-electron chi connectivity index (χ4n) is 2.28. The molecule has 1 aliphatic rings. The molecule has 0 amide bonds. The lowest BCUT2D eigenvalue weighted by atomic mass is 10.2. The van der Waals surface area contributed by atoms with Gasteiger partial charge in [0.2, 0.25) is 0 Å². The summed E-state index contributed by atoms with van der Waals surface area (Å²) in [5, 5.41) is 6.57. The molecule has 0 aromatic heterocycles. The topological polar surface area (TPSA) is 45.6 Å². The molecule has 0 spiro atoms. The Balaban J connectivity index is 1.48. The minimum Gasteiger partial charge on any atom is -0.489 e. The van der Waals surface area contributed by atoms with E-state index in [2.05, 4.69) is 39.9 Å². The van der Waals surface area contributed by atoms with Crippen LogP contribution in [0.2, 0.25) is 0 Å². The largest absolute Gasteiger partial charge is 0.489 e. The molecule has 4 nitrogen and oxygen atoms in total. The van der Waals surface area contributed by atoms with Crippen LogP contribution in [0.5, 0.6) is 5.75 Å². The van der Waals surface area contributed by atoms with Crippen molar-refractivity contribution < 1.29 is 4.74 Å². The molecule has 1 aliphatic heterocycles. The van der Waals surface area contributed by atoms with Crippen molar-refractivity contribution >= 4 is 5.96 Å². The minimum atomic E-state index is 0.596. The van der Waals surface area contributed by atoms with Gasteiger partial charge in [-0.05, 0) is 29.7 Å². The molecule has 22 heavy (non-hydrogen) atoms. The molecule has 1 heterocycles. The minimum absolute atomic E-state index is 0.596. The summed E-state index contributed by atoms with van der Waals surface area (Å²) in [5.74, 6) is 1.79. The lowest BCUT2D eigenvalue weighted by molar-refractivity contribution is 0.306. The van der Waals surface area contributed by atoms with Crippen molar-refractivity contribution in [3.63, 3.8) is 0 Å². The van der Waals surface area contributed by atoms with Gasteiger partial charge >= 0.3 is 0 Å². The molecule has 2 aromatic carbocycles. The van der Waals surface area contributed by atoms with Crippen molar-refractivity contribution in [1.82, 2.24) is 10.6 Å². The Hall–Kier alpha value is -2.49. The maximum atomic E-state index is 5.79. The van der Waals surface area contributed by atoms with E-state index in [0.717, 1.165) is 37.8 Å². The second kappa shape index (κ2) is 7.50. The Bertz CT molecular complexity index is 608. The number of aliphatic imine (C=N–C) groups is 1. The summed E-state index contributed by atoms with van der Waals surface area (Å²) in [4.78, 5) is 4.39. The predicted octanol–water partition coefficient (Wildman–Crippen LogP) is 2.70. The van der Waals surface area contributed by atoms with Crippen LogP contribution in [0, 0.1) is 0 Å². The molecule has 0 unspecified atom stereocenters. The first-order valence-electron chi connectivity index (χ1n) is 7.68. The van der Waals surface area contributed by atoms with Gasteiger partial charge < -0.3 is 15.4 Å². The van der Waals surface area contributed by atoms with Gasteiger partial charge in [-0.25, -0.2) is 0 Å². The number of benzene rings is 2. The van der Waals surface area contributed by atoms with E-state index in [0.29, 0.717) is 6.61 Å². The fraction of sp³-hybridized carbons (Fsp3) is 0.278.